The normalized spacial score (nSPS) is 10.8. The number of hydrogen-bond acceptors (Lipinski definition) is 2. The summed E-state index contributed by atoms with van der Waals surface area (Å²) in [7, 11) is 0. The molecular weight excluding hydrogens is 170 g/mol. The summed E-state index contributed by atoms with van der Waals surface area (Å²) in [6, 6.07) is 5.94. The lowest BCUT2D eigenvalue weighted by atomic mass is 10.4. The van der Waals surface area contributed by atoms with Crippen molar-refractivity contribution in [2.24, 2.45) is 0 Å². The largest absolute Gasteiger partial charge is 0.505 e. The van der Waals surface area contributed by atoms with Crippen LogP contribution in [0.5, 0.6) is 5.75 Å². The Balaban J connectivity index is 2.73. The average Bonchev–Trinajstić information content (AvgIpc) is 2.49. The van der Waals surface area contributed by atoms with Crippen molar-refractivity contribution < 1.29 is 5.11 Å². The van der Waals surface area contributed by atoms with Crippen LogP contribution in [0.25, 0.3) is 5.52 Å². The van der Waals surface area contributed by atoms with E-state index in [0.717, 1.165) is 10.4 Å². The first-order chi connectivity index (χ1) is 5.81. The molecule has 0 bridgehead atoms. The van der Waals surface area contributed by atoms with E-state index in [4.69, 9.17) is 0 Å². The average molecular weight is 179 g/mol. The molecule has 12 heavy (non-hydrogen) atoms. The molecule has 0 spiro atoms. The zero-order chi connectivity index (χ0) is 8.55. The fourth-order valence-electron chi connectivity index (χ4n) is 1.21. The summed E-state index contributed by atoms with van der Waals surface area (Å²) >= 11 is 1.55. The van der Waals surface area contributed by atoms with Gasteiger partial charge < -0.3 is 9.51 Å². The summed E-state index contributed by atoms with van der Waals surface area (Å²) in [4.78, 5) is 0.918. The van der Waals surface area contributed by atoms with Crippen LogP contribution in [-0.4, -0.2) is 15.8 Å². The number of aromatic hydroxyl groups is 1. The van der Waals surface area contributed by atoms with E-state index in [-0.39, 0.29) is 0 Å². The second kappa shape index (κ2) is 2.75. The highest BCUT2D eigenvalue weighted by atomic mass is 32.2. The van der Waals surface area contributed by atoms with Crippen molar-refractivity contribution in [1.29, 1.82) is 0 Å². The van der Waals surface area contributed by atoms with Crippen molar-refractivity contribution in [2.45, 2.75) is 4.90 Å². The maximum atomic E-state index is 9.49. The van der Waals surface area contributed by atoms with Gasteiger partial charge in [0.25, 0.3) is 0 Å². The molecule has 0 radical (unpaired) electrons. The Morgan fingerprint density at radius 2 is 2.33 bits per heavy atom. The highest BCUT2D eigenvalue weighted by molar-refractivity contribution is 7.98. The van der Waals surface area contributed by atoms with E-state index in [1.165, 1.54) is 0 Å². The van der Waals surface area contributed by atoms with Gasteiger partial charge in [-0.05, 0) is 24.5 Å². The SMILES string of the molecule is CSc1cc2cccn2cc1O. The summed E-state index contributed by atoms with van der Waals surface area (Å²) < 4.78 is 1.90. The van der Waals surface area contributed by atoms with Gasteiger partial charge in [-0.25, -0.2) is 0 Å². The van der Waals surface area contributed by atoms with Crippen molar-refractivity contribution >= 4 is 17.3 Å². The monoisotopic (exact) mass is 179 g/mol. The predicted octanol–water partition coefficient (Wildman–Crippen LogP) is 2.37. The molecule has 2 aromatic rings. The number of nitrogens with zero attached hydrogens (tertiary/aromatic N) is 1. The smallest absolute Gasteiger partial charge is 0.145 e. The molecule has 0 unspecified atom stereocenters. The third-order valence-corrected chi connectivity index (χ3v) is 2.59. The highest BCUT2D eigenvalue weighted by Crippen LogP contribution is 2.27. The fourth-order valence-corrected chi connectivity index (χ4v) is 1.71. The van der Waals surface area contributed by atoms with E-state index in [1.54, 1.807) is 18.0 Å². The van der Waals surface area contributed by atoms with Crippen LogP contribution >= 0.6 is 11.8 Å². The van der Waals surface area contributed by atoms with Crippen LogP contribution in [0.2, 0.25) is 0 Å². The van der Waals surface area contributed by atoms with Crippen molar-refractivity contribution in [3.8, 4) is 5.75 Å². The van der Waals surface area contributed by atoms with Gasteiger partial charge in [0.1, 0.15) is 5.75 Å². The molecule has 0 atom stereocenters. The quantitative estimate of drug-likeness (QED) is 0.680. The van der Waals surface area contributed by atoms with E-state index in [1.807, 2.05) is 35.1 Å². The van der Waals surface area contributed by atoms with Gasteiger partial charge in [-0.2, -0.15) is 0 Å². The van der Waals surface area contributed by atoms with Gasteiger partial charge in [0.05, 0.1) is 11.1 Å². The Morgan fingerprint density at radius 1 is 1.50 bits per heavy atom. The molecule has 0 aromatic carbocycles. The van der Waals surface area contributed by atoms with E-state index >= 15 is 0 Å². The number of thioether (sulfide) groups is 1. The summed E-state index contributed by atoms with van der Waals surface area (Å²) in [6.45, 7) is 0. The second-order valence-electron chi connectivity index (χ2n) is 2.57. The van der Waals surface area contributed by atoms with Crippen molar-refractivity contribution in [1.82, 2.24) is 4.40 Å². The number of fused-ring (bicyclic) bond motifs is 1. The number of rotatable bonds is 1. The number of aromatic nitrogens is 1. The number of pyridine rings is 1. The summed E-state index contributed by atoms with van der Waals surface area (Å²) in [6.07, 6.45) is 5.59. The molecule has 0 fully saturated rings. The lowest BCUT2D eigenvalue weighted by Crippen LogP contribution is -1.82. The number of hydrogen-bond donors (Lipinski definition) is 1. The Kier molecular flexibility index (Phi) is 1.73. The molecule has 0 amide bonds. The molecule has 0 aliphatic rings. The predicted molar refractivity (Wildman–Crippen MR) is 50.8 cm³/mol. The van der Waals surface area contributed by atoms with Crippen LogP contribution in [0.1, 0.15) is 0 Å². The highest BCUT2D eigenvalue weighted by Gasteiger charge is 2.00. The van der Waals surface area contributed by atoms with Gasteiger partial charge in [0.15, 0.2) is 0 Å². The molecule has 2 heterocycles. The van der Waals surface area contributed by atoms with Crippen LogP contribution in [0.3, 0.4) is 0 Å². The van der Waals surface area contributed by atoms with Crippen LogP contribution in [0.4, 0.5) is 0 Å². The summed E-state index contributed by atoms with van der Waals surface area (Å²) in [5, 5.41) is 9.49. The standard InChI is InChI=1S/C9H9NOS/c1-12-9-5-7-3-2-4-10(7)6-8(9)11/h2-6,11H,1H3. The Labute approximate surface area is 74.8 Å². The summed E-state index contributed by atoms with van der Waals surface area (Å²) in [5.41, 5.74) is 1.11. The van der Waals surface area contributed by atoms with E-state index in [9.17, 15) is 5.11 Å². The van der Waals surface area contributed by atoms with Crippen molar-refractivity contribution in [3.63, 3.8) is 0 Å². The Bertz CT molecular complexity index is 408. The third kappa shape index (κ3) is 1.06. The molecule has 0 aliphatic carbocycles. The minimum atomic E-state index is 0.339. The van der Waals surface area contributed by atoms with E-state index in [2.05, 4.69) is 0 Å². The molecule has 2 nitrogen and oxygen atoms in total. The van der Waals surface area contributed by atoms with Crippen LogP contribution in [0.15, 0.2) is 35.5 Å². The molecule has 3 heteroatoms. The van der Waals surface area contributed by atoms with E-state index in [0.29, 0.717) is 5.75 Å². The van der Waals surface area contributed by atoms with Gasteiger partial charge in [0.2, 0.25) is 0 Å². The second-order valence-corrected chi connectivity index (χ2v) is 3.42. The zero-order valence-corrected chi connectivity index (χ0v) is 7.51. The first kappa shape index (κ1) is 7.55. The van der Waals surface area contributed by atoms with Gasteiger partial charge in [0, 0.05) is 11.7 Å². The van der Waals surface area contributed by atoms with Crippen LogP contribution in [0, 0.1) is 0 Å². The molecule has 62 valence electrons. The van der Waals surface area contributed by atoms with Gasteiger partial charge in [-0.15, -0.1) is 11.8 Å². The van der Waals surface area contributed by atoms with Crippen LogP contribution < -0.4 is 0 Å². The first-order valence-corrected chi connectivity index (χ1v) is 4.87. The molecule has 0 aliphatic heterocycles. The van der Waals surface area contributed by atoms with E-state index < -0.39 is 0 Å². The zero-order valence-electron chi connectivity index (χ0n) is 6.69. The molecular formula is C9H9NOS. The van der Waals surface area contributed by atoms with Crippen LogP contribution in [-0.2, 0) is 0 Å². The van der Waals surface area contributed by atoms with Gasteiger partial charge in [-0.3, -0.25) is 0 Å². The maximum absolute atomic E-state index is 9.49. The first-order valence-electron chi connectivity index (χ1n) is 3.65. The summed E-state index contributed by atoms with van der Waals surface area (Å²) in [5.74, 6) is 0.339. The van der Waals surface area contributed by atoms with Crippen molar-refractivity contribution in [3.05, 3.63) is 30.6 Å². The van der Waals surface area contributed by atoms with Gasteiger partial charge >= 0.3 is 0 Å². The topological polar surface area (TPSA) is 24.6 Å². The Morgan fingerprint density at radius 3 is 3.08 bits per heavy atom. The minimum absolute atomic E-state index is 0.339. The lowest BCUT2D eigenvalue weighted by Gasteiger charge is -2.02. The fraction of sp³-hybridized carbons (Fsp3) is 0.111. The molecule has 0 saturated heterocycles. The molecule has 2 rings (SSSR count). The molecule has 0 saturated carbocycles. The third-order valence-electron chi connectivity index (χ3n) is 1.82. The minimum Gasteiger partial charge on any atom is -0.505 e. The van der Waals surface area contributed by atoms with Gasteiger partial charge in [-0.1, -0.05) is 0 Å². The maximum Gasteiger partial charge on any atom is 0.145 e. The van der Waals surface area contributed by atoms with Crippen molar-refractivity contribution in [2.75, 3.05) is 6.26 Å². The lowest BCUT2D eigenvalue weighted by molar-refractivity contribution is 0.459. The molecule has 2 aromatic heterocycles. The Hall–Kier alpha value is -1.09. The molecule has 1 N–H and O–H groups in total.